The fourth-order valence-corrected chi connectivity index (χ4v) is 7.48. The number of nitrogens with one attached hydrogen (secondary N) is 6. The number of aromatic amines is 4. The molecule has 0 radical (unpaired) electrons. The van der Waals surface area contributed by atoms with Gasteiger partial charge in [-0.15, -0.1) is 0 Å². The predicted octanol–water partition coefficient (Wildman–Crippen LogP) is 5.04. The SMILES string of the molecule is CCNS(=O)(=O)c1ccc2[nH]c(O)c(-c3nc4ccccc4[nH]3)c2c1.CNS(=O)(=O)c1ccc2[nH]c(O)c(-c3nc4ccccc4[nH]3)c2c1. The second-order valence-electron chi connectivity index (χ2n) is 11.0. The molecule has 0 unspecified atom stereocenters. The minimum absolute atomic E-state index is 0.0629. The first-order valence-corrected chi connectivity index (χ1v) is 18.0. The summed E-state index contributed by atoms with van der Waals surface area (Å²) in [6.07, 6.45) is 0. The number of aromatic nitrogens is 6. The Hall–Kier alpha value is -5.68. The Morgan fingerprint density at radius 1 is 0.612 bits per heavy atom. The van der Waals surface area contributed by atoms with Gasteiger partial charge in [0.15, 0.2) is 0 Å². The van der Waals surface area contributed by atoms with Crippen molar-refractivity contribution in [2.45, 2.75) is 16.7 Å². The molecule has 0 saturated heterocycles. The van der Waals surface area contributed by atoms with Crippen molar-refractivity contribution in [1.29, 1.82) is 0 Å². The fourth-order valence-electron chi connectivity index (χ4n) is 5.66. The van der Waals surface area contributed by atoms with Gasteiger partial charge in [-0.25, -0.2) is 36.2 Å². The summed E-state index contributed by atoms with van der Waals surface area (Å²) in [4.78, 5) is 21.2. The minimum atomic E-state index is -3.59. The smallest absolute Gasteiger partial charge is 0.240 e. The molecule has 0 aliphatic carbocycles. The second kappa shape index (κ2) is 12.1. The van der Waals surface area contributed by atoms with E-state index in [0.29, 0.717) is 51.1 Å². The first-order chi connectivity index (χ1) is 23.5. The van der Waals surface area contributed by atoms with Crippen molar-refractivity contribution >= 4 is 63.9 Å². The molecular formula is C33H30N8O6S2. The molecule has 49 heavy (non-hydrogen) atoms. The lowest BCUT2D eigenvalue weighted by Gasteiger charge is -2.04. The van der Waals surface area contributed by atoms with Gasteiger partial charge in [0.25, 0.3) is 0 Å². The summed E-state index contributed by atoms with van der Waals surface area (Å²) in [7, 11) is -5.82. The highest BCUT2D eigenvalue weighted by Gasteiger charge is 2.21. The molecule has 14 nitrogen and oxygen atoms in total. The molecule has 0 fully saturated rings. The molecular weight excluding hydrogens is 669 g/mol. The van der Waals surface area contributed by atoms with Gasteiger partial charge < -0.3 is 30.1 Å². The maximum absolute atomic E-state index is 12.3. The van der Waals surface area contributed by atoms with Crippen LogP contribution in [0.3, 0.4) is 0 Å². The standard InChI is InChI=1S/C17H16N4O3S.C16H14N4O3S/c1-2-18-25(23,24)10-7-8-12-11(9-10)15(17(22)21-12)16-19-13-5-3-4-6-14(13)20-16;1-17-24(22,23)9-6-7-11-10(8-9)14(16(21)20-11)15-18-12-4-2-3-5-13(12)19-15/h3-9,18,21-22H,2H2,1H3,(H,19,20);2-8,17,20-21H,1H3,(H,18,19). The third-order valence-corrected chi connectivity index (χ3v) is 10.9. The van der Waals surface area contributed by atoms with E-state index >= 15 is 0 Å². The lowest BCUT2D eigenvalue weighted by molar-refractivity contribution is 0.459. The predicted molar refractivity (Wildman–Crippen MR) is 187 cm³/mol. The number of benzene rings is 4. The van der Waals surface area contributed by atoms with Gasteiger partial charge in [-0.2, -0.15) is 0 Å². The highest BCUT2D eigenvalue weighted by atomic mass is 32.2. The van der Waals surface area contributed by atoms with Crippen molar-refractivity contribution in [2.24, 2.45) is 0 Å². The highest BCUT2D eigenvalue weighted by Crippen LogP contribution is 2.38. The van der Waals surface area contributed by atoms with Crippen molar-refractivity contribution < 1.29 is 27.0 Å². The number of nitrogens with zero attached hydrogens (tertiary/aromatic N) is 2. The van der Waals surface area contributed by atoms with Crippen LogP contribution in [0.2, 0.25) is 0 Å². The minimum Gasteiger partial charge on any atom is -0.494 e. The van der Waals surface area contributed by atoms with Crippen molar-refractivity contribution in [3.8, 4) is 34.5 Å². The van der Waals surface area contributed by atoms with E-state index in [1.165, 1.54) is 31.3 Å². The third kappa shape index (κ3) is 5.76. The molecule has 4 heterocycles. The van der Waals surface area contributed by atoms with Gasteiger partial charge in [0, 0.05) is 28.4 Å². The van der Waals surface area contributed by atoms with Gasteiger partial charge in [0.2, 0.25) is 31.8 Å². The number of hydrogen-bond donors (Lipinski definition) is 8. The van der Waals surface area contributed by atoms with E-state index in [9.17, 15) is 27.0 Å². The first kappa shape index (κ1) is 31.9. The summed E-state index contributed by atoms with van der Waals surface area (Å²) in [6.45, 7) is 2.02. The van der Waals surface area contributed by atoms with Gasteiger partial charge in [0.1, 0.15) is 11.6 Å². The fraction of sp³-hybridized carbons (Fsp3) is 0.0909. The van der Waals surface area contributed by atoms with Crippen LogP contribution in [0.4, 0.5) is 0 Å². The number of sulfonamides is 2. The summed E-state index contributed by atoms with van der Waals surface area (Å²) < 4.78 is 53.3. The zero-order valence-electron chi connectivity index (χ0n) is 26.0. The average Bonchev–Trinajstić information content (AvgIpc) is 3.85. The second-order valence-corrected chi connectivity index (χ2v) is 14.7. The first-order valence-electron chi connectivity index (χ1n) is 15.0. The summed E-state index contributed by atoms with van der Waals surface area (Å²) in [5, 5.41) is 21.8. The summed E-state index contributed by atoms with van der Waals surface area (Å²) in [5.74, 6) is 0.817. The molecule has 0 aliphatic rings. The normalized spacial score (nSPS) is 12.2. The van der Waals surface area contributed by atoms with Crippen molar-refractivity contribution in [1.82, 2.24) is 39.3 Å². The van der Waals surface area contributed by atoms with Crippen LogP contribution in [0.25, 0.3) is 66.6 Å². The molecule has 8 N–H and O–H groups in total. The van der Waals surface area contributed by atoms with Gasteiger partial charge in [0.05, 0.1) is 43.0 Å². The van der Waals surface area contributed by atoms with Gasteiger partial charge in [-0.05, 0) is 67.7 Å². The number of para-hydroxylation sites is 4. The van der Waals surface area contributed by atoms with Crippen LogP contribution in [0.5, 0.6) is 11.8 Å². The van der Waals surface area contributed by atoms with E-state index in [1.807, 2.05) is 48.5 Å². The van der Waals surface area contributed by atoms with E-state index in [1.54, 1.807) is 19.1 Å². The van der Waals surface area contributed by atoms with E-state index in [-0.39, 0.29) is 21.6 Å². The molecule has 0 aliphatic heterocycles. The zero-order chi connectivity index (χ0) is 34.5. The molecule has 0 spiro atoms. The number of imidazole rings is 2. The zero-order valence-corrected chi connectivity index (χ0v) is 27.7. The van der Waals surface area contributed by atoms with Crippen LogP contribution in [0, 0.1) is 0 Å². The molecule has 4 aromatic heterocycles. The van der Waals surface area contributed by atoms with Crippen LogP contribution in [-0.4, -0.2) is 70.5 Å². The molecule has 8 aromatic rings. The maximum atomic E-state index is 12.3. The number of hydrogen-bond acceptors (Lipinski definition) is 8. The van der Waals surface area contributed by atoms with Crippen molar-refractivity contribution in [3.63, 3.8) is 0 Å². The number of fused-ring (bicyclic) bond motifs is 4. The topological polar surface area (TPSA) is 222 Å². The monoisotopic (exact) mass is 698 g/mol. The van der Waals surface area contributed by atoms with E-state index < -0.39 is 20.0 Å². The van der Waals surface area contributed by atoms with Crippen LogP contribution in [0.15, 0.2) is 94.7 Å². The van der Waals surface area contributed by atoms with Gasteiger partial charge in [-0.3, -0.25) is 0 Å². The van der Waals surface area contributed by atoms with Crippen LogP contribution in [0.1, 0.15) is 6.92 Å². The lowest BCUT2D eigenvalue weighted by atomic mass is 10.1. The lowest BCUT2D eigenvalue weighted by Crippen LogP contribution is -2.22. The van der Waals surface area contributed by atoms with Gasteiger partial charge >= 0.3 is 0 Å². The Kier molecular flexibility index (Phi) is 7.87. The Balaban J connectivity index is 0.000000154. The molecule has 0 amide bonds. The van der Waals surface area contributed by atoms with Crippen LogP contribution < -0.4 is 9.44 Å². The van der Waals surface area contributed by atoms with E-state index in [4.69, 9.17) is 0 Å². The molecule has 4 aromatic carbocycles. The maximum Gasteiger partial charge on any atom is 0.240 e. The number of rotatable bonds is 7. The summed E-state index contributed by atoms with van der Waals surface area (Å²) in [5.41, 5.74) is 5.33. The largest absolute Gasteiger partial charge is 0.494 e. The Morgan fingerprint density at radius 2 is 1.06 bits per heavy atom. The Labute approximate surface area is 279 Å². The Bertz CT molecular complexity index is 2680. The molecule has 0 bridgehead atoms. The van der Waals surface area contributed by atoms with Gasteiger partial charge in [-0.1, -0.05) is 31.2 Å². The molecule has 16 heteroatoms. The molecule has 0 saturated carbocycles. The highest BCUT2D eigenvalue weighted by molar-refractivity contribution is 7.89. The van der Waals surface area contributed by atoms with Crippen LogP contribution in [-0.2, 0) is 20.0 Å². The number of H-pyrrole nitrogens is 4. The molecule has 8 rings (SSSR count). The molecule has 0 atom stereocenters. The van der Waals surface area contributed by atoms with Crippen molar-refractivity contribution in [3.05, 3.63) is 84.9 Å². The van der Waals surface area contributed by atoms with E-state index in [2.05, 4.69) is 39.3 Å². The van der Waals surface area contributed by atoms with Crippen LogP contribution >= 0.6 is 0 Å². The number of aromatic hydroxyl groups is 2. The van der Waals surface area contributed by atoms with E-state index in [0.717, 1.165) is 22.1 Å². The van der Waals surface area contributed by atoms with Crippen molar-refractivity contribution in [2.75, 3.05) is 13.6 Å². The summed E-state index contributed by atoms with van der Waals surface area (Å²) >= 11 is 0. The third-order valence-electron chi connectivity index (χ3n) is 7.98. The quantitative estimate of drug-likeness (QED) is 0.112. The Morgan fingerprint density at radius 3 is 1.49 bits per heavy atom. The average molecular weight is 699 g/mol. The summed E-state index contributed by atoms with van der Waals surface area (Å²) in [6, 6.07) is 24.3. The molecule has 250 valence electrons.